The van der Waals surface area contributed by atoms with Crippen molar-refractivity contribution in [3.05, 3.63) is 24.3 Å². The molecule has 0 heterocycles. The molecule has 10 heavy (non-hydrogen) atoms. The Morgan fingerprint density at radius 1 is 1.20 bits per heavy atom. The van der Waals surface area contributed by atoms with E-state index in [9.17, 15) is 4.79 Å². The lowest BCUT2D eigenvalue weighted by Crippen LogP contribution is -1.68. The van der Waals surface area contributed by atoms with Crippen LogP contribution in [0.25, 0.3) is 0 Å². The third-order valence-electron chi connectivity index (χ3n) is 1.19. The first-order valence-corrected chi connectivity index (χ1v) is 3.63. The molecule has 0 aromatic carbocycles. The van der Waals surface area contributed by atoms with Gasteiger partial charge in [-0.15, -0.1) is 0 Å². The lowest BCUT2D eigenvalue weighted by molar-refractivity contribution is -0.104. The molecule has 0 aromatic heterocycles. The highest BCUT2D eigenvalue weighted by atomic mass is 16.1. The van der Waals surface area contributed by atoms with Crippen LogP contribution in [0.4, 0.5) is 0 Å². The predicted octanol–water partition coefficient (Wildman–Crippen LogP) is 2.49. The van der Waals surface area contributed by atoms with E-state index in [1.807, 2.05) is 19.1 Å². The van der Waals surface area contributed by atoms with Crippen molar-refractivity contribution in [2.45, 2.75) is 26.2 Å². The number of carbonyl (C=O) groups is 1. The summed E-state index contributed by atoms with van der Waals surface area (Å²) in [5.74, 6) is 0. The molecule has 0 aliphatic heterocycles. The third-order valence-corrected chi connectivity index (χ3v) is 1.19. The van der Waals surface area contributed by atoms with Crippen LogP contribution in [0.2, 0.25) is 0 Å². The van der Waals surface area contributed by atoms with Crippen molar-refractivity contribution in [2.24, 2.45) is 0 Å². The number of allylic oxidation sites excluding steroid dienone is 4. The number of unbranched alkanes of at least 4 members (excludes halogenated alkanes) is 2. The Bertz CT molecular complexity index is 123. The molecule has 1 heteroatoms. The average molecular weight is 138 g/mol. The summed E-state index contributed by atoms with van der Waals surface area (Å²) in [6.45, 7) is 2.02. The summed E-state index contributed by atoms with van der Waals surface area (Å²) in [6, 6.07) is 0. The second kappa shape index (κ2) is 8.15. The first-order valence-electron chi connectivity index (χ1n) is 3.63. The van der Waals surface area contributed by atoms with E-state index >= 15 is 0 Å². The van der Waals surface area contributed by atoms with E-state index in [4.69, 9.17) is 0 Å². The quantitative estimate of drug-likeness (QED) is 0.247. The standard InChI is InChI=1S/C9H14O/c1-2-3-4-5-6-7-8-9-10/h2-3,7-9H,4-6H2,1H3/b3-2-,8-7-. The number of hydrogen-bond donors (Lipinski definition) is 0. The lowest BCUT2D eigenvalue weighted by Gasteiger charge is -1.86. The summed E-state index contributed by atoms with van der Waals surface area (Å²) in [7, 11) is 0. The molecule has 0 radical (unpaired) electrons. The number of hydrogen-bond acceptors (Lipinski definition) is 1. The van der Waals surface area contributed by atoms with Gasteiger partial charge in [0.25, 0.3) is 0 Å². The molecule has 0 amide bonds. The Labute approximate surface area is 62.4 Å². The fraction of sp³-hybridized carbons (Fsp3) is 0.444. The minimum atomic E-state index is 0.815. The van der Waals surface area contributed by atoms with E-state index < -0.39 is 0 Å². The van der Waals surface area contributed by atoms with E-state index in [1.54, 1.807) is 6.08 Å². The second-order valence-electron chi connectivity index (χ2n) is 2.06. The van der Waals surface area contributed by atoms with Gasteiger partial charge in [0.2, 0.25) is 0 Å². The molecular weight excluding hydrogens is 124 g/mol. The lowest BCUT2D eigenvalue weighted by atomic mass is 10.2. The minimum absolute atomic E-state index is 0.815. The fourth-order valence-corrected chi connectivity index (χ4v) is 0.672. The molecule has 0 unspecified atom stereocenters. The highest BCUT2D eigenvalue weighted by molar-refractivity contribution is 5.64. The Morgan fingerprint density at radius 2 is 1.90 bits per heavy atom. The molecule has 1 nitrogen and oxygen atoms in total. The van der Waals surface area contributed by atoms with Gasteiger partial charge in [0.05, 0.1) is 0 Å². The molecule has 0 atom stereocenters. The van der Waals surface area contributed by atoms with Crippen LogP contribution in [0.15, 0.2) is 24.3 Å². The first-order chi connectivity index (χ1) is 4.91. The highest BCUT2D eigenvalue weighted by Gasteiger charge is 1.77. The van der Waals surface area contributed by atoms with Crippen molar-refractivity contribution in [1.82, 2.24) is 0 Å². The summed E-state index contributed by atoms with van der Waals surface area (Å²) in [5, 5.41) is 0. The number of carbonyl (C=O) groups excluding carboxylic acids is 1. The molecule has 0 N–H and O–H groups in total. The Kier molecular flexibility index (Phi) is 7.46. The summed E-state index contributed by atoms with van der Waals surface area (Å²) in [6.07, 6.45) is 11.7. The zero-order chi connectivity index (χ0) is 7.66. The first kappa shape index (κ1) is 9.15. The molecule has 0 saturated carbocycles. The Morgan fingerprint density at radius 3 is 2.50 bits per heavy atom. The largest absolute Gasteiger partial charge is 0.299 e. The topological polar surface area (TPSA) is 17.1 Å². The fourth-order valence-electron chi connectivity index (χ4n) is 0.672. The molecule has 0 aromatic rings. The van der Waals surface area contributed by atoms with Crippen LogP contribution in [-0.2, 0) is 4.79 Å². The summed E-state index contributed by atoms with van der Waals surface area (Å²) in [4.78, 5) is 9.79. The maximum Gasteiger partial charge on any atom is 0.142 e. The maximum absolute atomic E-state index is 9.79. The van der Waals surface area contributed by atoms with Crippen molar-refractivity contribution in [1.29, 1.82) is 0 Å². The molecule has 0 rings (SSSR count). The molecular formula is C9H14O. The summed E-state index contributed by atoms with van der Waals surface area (Å²) in [5.41, 5.74) is 0. The monoisotopic (exact) mass is 138 g/mol. The molecule has 0 saturated heterocycles. The van der Waals surface area contributed by atoms with Gasteiger partial charge in [-0.1, -0.05) is 18.2 Å². The van der Waals surface area contributed by atoms with E-state index in [2.05, 4.69) is 6.08 Å². The molecule has 0 fully saturated rings. The highest BCUT2D eigenvalue weighted by Crippen LogP contribution is 1.96. The van der Waals surface area contributed by atoms with Crippen molar-refractivity contribution in [2.75, 3.05) is 0 Å². The van der Waals surface area contributed by atoms with Crippen molar-refractivity contribution in [3.8, 4) is 0 Å². The third kappa shape index (κ3) is 7.15. The molecule has 0 bridgehead atoms. The van der Waals surface area contributed by atoms with Crippen LogP contribution in [0.3, 0.4) is 0 Å². The normalized spacial score (nSPS) is 11.3. The van der Waals surface area contributed by atoms with Gasteiger partial charge in [-0.3, -0.25) is 4.79 Å². The van der Waals surface area contributed by atoms with E-state index in [0.717, 1.165) is 25.5 Å². The molecule has 0 aliphatic carbocycles. The van der Waals surface area contributed by atoms with Gasteiger partial charge in [-0.05, 0) is 32.3 Å². The van der Waals surface area contributed by atoms with Crippen LogP contribution in [0.5, 0.6) is 0 Å². The molecule has 0 spiro atoms. The van der Waals surface area contributed by atoms with Crippen molar-refractivity contribution >= 4 is 6.29 Å². The Balaban J connectivity index is 3.04. The van der Waals surface area contributed by atoms with Gasteiger partial charge >= 0.3 is 0 Å². The van der Waals surface area contributed by atoms with Gasteiger partial charge < -0.3 is 0 Å². The van der Waals surface area contributed by atoms with E-state index in [0.29, 0.717) is 0 Å². The number of rotatable bonds is 5. The smallest absolute Gasteiger partial charge is 0.142 e. The zero-order valence-electron chi connectivity index (χ0n) is 6.42. The van der Waals surface area contributed by atoms with Gasteiger partial charge in [-0.25, -0.2) is 0 Å². The summed E-state index contributed by atoms with van der Waals surface area (Å²) >= 11 is 0. The van der Waals surface area contributed by atoms with Gasteiger partial charge in [0.15, 0.2) is 0 Å². The number of aldehydes is 1. The summed E-state index contributed by atoms with van der Waals surface area (Å²) < 4.78 is 0. The Hall–Kier alpha value is -0.850. The van der Waals surface area contributed by atoms with Crippen LogP contribution in [-0.4, -0.2) is 6.29 Å². The van der Waals surface area contributed by atoms with Gasteiger partial charge in [-0.2, -0.15) is 0 Å². The van der Waals surface area contributed by atoms with Gasteiger partial charge in [0.1, 0.15) is 6.29 Å². The van der Waals surface area contributed by atoms with E-state index in [-0.39, 0.29) is 0 Å². The minimum Gasteiger partial charge on any atom is -0.299 e. The maximum atomic E-state index is 9.79. The molecule has 0 aliphatic rings. The van der Waals surface area contributed by atoms with Crippen molar-refractivity contribution < 1.29 is 4.79 Å². The van der Waals surface area contributed by atoms with Gasteiger partial charge in [0, 0.05) is 0 Å². The average Bonchev–Trinajstić information content (AvgIpc) is 1.97. The van der Waals surface area contributed by atoms with Crippen LogP contribution >= 0.6 is 0 Å². The SMILES string of the molecule is C/C=C\CCC/C=C\C=O. The van der Waals surface area contributed by atoms with E-state index in [1.165, 1.54) is 0 Å². The van der Waals surface area contributed by atoms with Crippen LogP contribution < -0.4 is 0 Å². The predicted molar refractivity (Wildman–Crippen MR) is 43.9 cm³/mol. The van der Waals surface area contributed by atoms with Crippen LogP contribution in [0.1, 0.15) is 26.2 Å². The zero-order valence-corrected chi connectivity index (χ0v) is 6.42. The molecule has 56 valence electrons. The van der Waals surface area contributed by atoms with Crippen LogP contribution in [0, 0.1) is 0 Å². The van der Waals surface area contributed by atoms with Crippen molar-refractivity contribution in [3.63, 3.8) is 0 Å². The second-order valence-corrected chi connectivity index (χ2v) is 2.06.